The molecule has 0 bridgehead atoms. The van der Waals surface area contributed by atoms with Crippen LogP contribution < -0.4 is 5.32 Å². The molecule has 0 aliphatic heterocycles. The van der Waals surface area contributed by atoms with E-state index >= 15 is 0 Å². The van der Waals surface area contributed by atoms with Crippen LogP contribution in [0.2, 0.25) is 0 Å². The lowest BCUT2D eigenvalue weighted by atomic mass is 9.98. The predicted octanol–water partition coefficient (Wildman–Crippen LogP) is 5.91. The van der Waals surface area contributed by atoms with Crippen molar-refractivity contribution in [3.05, 3.63) is 96.1 Å². The van der Waals surface area contributed by atoms with Crippen molar-refractivity contribution < 1.29 is 14.6 Å². The van der Waals surface area contributed by atoms with Gasteiger partial charge in [0.05, 0.1) is 0 Å². The molecule has 4 aromatic carbocycles. The summed E-state index contributed by atoms with van der Waals surface area (Å²) in [6.45, 7) is 0.263. The molecule has 0 aromatic heterocycles. The topological polar surface area (TPSA) is 58.6 Å². The lowest BCUT2D eigenvalue weighted by molar-refractivity contribution is 0.158. The molecule has 5 rings (SSSR count). The first-order valence-electron chi connectivity index (χ1n) is 9.54. The summed E-state index contributed by atoms with van der Waals surface area (Å²) in [4.78, 5) is 12.4. The fourth-order valence-corrected chi connectivity index (χ4v) is 4.09. The van der Waals surface area contributed by atoms with Crippen molar-refractivity contribution in [2.45, 2.75) is 5.92 Å². The summed E-state index contributed by atoms with van der Waals surface area (Å²) in [6, 6.07) is 27.2. The quantitative estimate of drug-likeness (QED) is 0.464. The number of benzene rings is 4. The van der Waals surface area contributed by atoms with E-state index in [1.165, 1.54) is 22.3 Å². The molecule has 0 spiro atoms. The number of anilines is 1. The van der Waals surface area contributed by atoms with Crippen LogP contribution in [-0.2, 0) is 4.74 Å². The number of hydrogen-bond donors (Lipinski definition) is 2. The van der Waals surface area contributed by atoms with E-state index in [9.17, 15) is 9.90 Å². The Kier molecular flexibility index (Phi) is 4.17. The van der Waals surface area contributed by atoms with Gasteiger partial charge in [-0.1, -0.05) is 66.7 Å². The minimum Gasteiger partial charge on any atom is -0.507 e. The highest BCUT2D eigenvalue weighted by atomic mass is 16.5. The van der Waals surface area contributed by atoms with E-state index in [1.54, 1.807) is 24.3 Å². The number of aromatic hydroxyl groups is 1. The molecule has 1 aliphatic carbocycles. The van der Waals surface area contributed by atoms with Gasteiger partial charge >= 0.3 is 6.09 Å². The number of amides is 1. The minimum atomic E-state index is -0.512. The molecule has 0 heterocycles. The smallest absolute Gasteiger partial charge is 0.411 e. The molecule has 142 valence electrons. The maximum Gasteiger partial charge on any atom is 0.411 e. The lowest BCUT2D eigenvalue weighted by Crippen LogP contribution is -2.17. The second-order valence-corrected chi connectivity index (χ2v) is 7.16. The summed E-state index contributed by atoms with van der Waals surface area (Å²) in [7, 11) is 0. The van der Waals surface area contributed by atoms with E-state index in [4.69, 9.17) is 4.74 Å². The molecule has 2 N–H and O–H groups in total. The number of ether oxygens (including phenoxy) is 1. The van der Waals surface area contributed by atoms with Crippen molar-refractivity contribution in [2.75, 3.05) is 11.9 Å². The lowest BCUT2D eigenvalue weighted by Gasteiger charge is -2.15. The van der Waals surface area contributed by atoms with E-state index in [0.29, 0.717) is 11.1 Å². The minimum absolute atomic E-state index is 0.0220. The normalized spacial score (nSPS) is 12.4. The highest BCUT2D eigenvalue weighted by Crippen LogP contribution is 2.44. The van der Waals surface area contributed by atoms with Crippen LogP contribution >= 0.6 is 0 Å². The zero-order valence-electron chi connectivity index (χ0n) is 15.6. The number of phenols is 1. The van der Waals surface area contributed by atoms with Gasteiger partial charge < -0.3 is 9.84 Å². The van der Waals surface area contributed by atoms with Crippen molar-refractivity contribution in [1.82, 2.24) is 0 Å². The standard InChI is InChI=1S/C25H19NO3/c27-24-11-5-6-16-12-13-17(14-22(16)24)26-25(28)29-15-23-20-9-3-1-7-18(20)19-8-2-4-10-21(19)23/h1-14,23,27H,15H2,(H,26,28). The van der Waals surface area contributed by atoms with Gasteiger partial charge in [-0.2, -0.15) is 0 Å². The van der Waals surface area contributed by atoms with Crippen molar-refractivity contribution in [3.63, 3.8) is 0 Å². The molecule has 4 heteroatoms. The number of hydrogen-bond acceptors (Lipinski definition) is 3. The fourth-order valence-electron chi connectivity index (χ4n) is 4.09. The summed E-state index contributed by atoms with van der Waals surface area (Å²) in [6.07, 6.45) is -0.512. The molecule has 0 fully saturated rings. The highest BCUT2D eigenvalue weighted by Gasteiger charge is 2.28. The first-order valence-corrected chi connectivity index (χ1v) is 9.54. The monoisotopic (exact) mass is 381 g/mol. The van der Waals surface area contributed by atoms with Gasteiger partial charge in [-0.25, -0.2) is 4.79 Å². The Balaban J connectivity index is 1.33. The Bertz CT molecular complexity index is 1190. The first-order chi connectivity index (χ1) is 14.2. The maximum atomic E-state index is 12.4. The predicted molar refractivity (Wildman–Crippen MR) is 114 cm³/mol. The van der Waals surface area contributed by atoms with Crippen molar-refractivity contribution in [3.8, 4) is 16.9 Å². The molecular weight excluding hydrogens is 362 g/mol. The third kappa shape index (κ3) is 3.09. The summed E-state index contributed by atoms with van der Waals surface area (Å²) in [5.41, 5.74) is 5.33. The molecule has 4 nitrogen and oxygen atoms in total. The Morgan fingerprint density at radius 3 is 2.28 bits per heavy atom. The average Bonchev–Trinajstić information content (AvgIpc) is 3.07. The number of carbonyl (C=O) groups excluding carboxylic acids is 1. The van der Waals surface area contributed by atoms with E-state index < -0.39 is 6.09 Å². The van der Waals surface area contributed by atoms with Crippen LogP contribution in [0.3, 0.4) is 0 Å². The van der Waals surface area contributed by atoms with Gasteiger partial charge in [-0.15, -0.1) is 0 Å². The van der Waals surface area contributed by atoms with Gasteiger partial charge in [0.1, 0.15) is 12.4 Å². The number of phenolic OH excluding ortho intramolecular Hbond substituents is 1. The summed E-state index contributed by atoms with van der Waals surface area (Å²) < 4.78 is 5.57. The molecule has 1 aliphatic rings. The van der Waals surface area contributed by atoms with Gasteiger partial charge in [0, 0.05) is 17.0 Å². The van der Waals surface area contributed by atoms with Gasteiger partial charge in [0.2, 0.25) is 0 Å². The van der Waals surface area contributed by atoms with Crippen molar-refractivity contribution >= 4 is 22.6 Å². The summed E-state index contributed by atoms with van der Waals surface area (Å²) >= 11 is 0. The third-order valence-corrected chi connectivity index (χ3v) is 5.45. The largest absolute Gasteiger partial charge is 0.507 e. The van der Waals surface area contributed by atoms with Crippen LogP contribution in [0.4, 0.5) is 10.5 Å². The second kappa shape index (κ2) is 6.99. The van der Waals surface area contributed by atoms with Gasteiger partial charge in [0.15, 0.2) is 0 Å². The van der Waals surface area contributed by atoms with Crippen LogP contribution in [0.25, 0.3) is 21.9 Å². The van der Waals surface area contributed by atoms with Gasteiger partial charge in [0.25, 0.3) is 0 Å². The van der Waals surface area contributed by atoms with Crippen LogP contribution in [0.1, 0.15) is 17.0 Å². The average molecular weight is 381 g/mol. The molecular formula is C25H19NO3. The first kappa shape index (κ1) is 17.3. The van der Waals surface area contributed by atoms with E-state index in [0.717, 1.165) is 5.39 Å². The van der Waals surface area contributed by atoms with E-state index in [1.807, 2.05) is 36.4 Å². The van der Waals surface area contributed by atoms with E-state index in [-0.39, 0.29) is 18.3 Å². The highest BCUT2D eigenvalue weighted by molar-refractivity contribution is 5.94. The summed E-state index contributed by atoms with van der Waals surface area (Å²) in [5.74, 6) is 0.201. The number of nitrogens with one attached hydrogen (secondary N) is 1. The molecule has 0 unspecified atom stereocenters. The molecule has 4 aromatic rings. The van der Waals surface area contributed by atoms with Crippen LogP contribution in [0, 0.1) is 0 Å². The summed E-state index contributed by atoms with van der Waals surface area (Å²) in [5, 5.41) is 14.4. The number of carbonyl (C=O) groups is 1. The Morgan fingerprint density at radius 1 is 0.862 bits per heavy atom. The number of rotatable bonds is 3. The van der Waals surface area contributed by atoms with E-state index in [2.05, 4.69) is 29.6 Å². The maximum absolute atomic E-state index is 12.4. The zero-order valence-corrected chi connectivity index (χ0v) is 15.6. The molecule has 0 saturated carbocycles. The Morgan fingerprint density at radius 2 is 1.55 bits per heavy atom. The van der Waals surface area contributed by atoms with Crippen molar-refractivity contribution in [2.24, 2.45) is 0 Å². The fraction of sp³-hybridized carbons (Fsp3) is 0.0800. The Hall–Kier alpha value is -3.79. The third-order valence-electron chi connectivity index (χ3n) is 5.45. The van der Waals surface area contributed by atoms with Crippen LogP contribution in [0.15, 0.2) is 84.9 Å². The SMILES string of the molecule is O=C(Nc1ccc2cccc(O)c2c1)OCC1c2ccccc2-c2ccccc21. The molecule has 0 saturated heterocycles. The molecule has 29 heavy (non-hydrogen) atoms. The Labute approximate surface area is 168 Å². The molecule has 0 atom stereocenters. The second-order valence-electron chi connectivity index (χ2n) is 7.16. The van der Waals surface area contributed by atoms with Gasteiger partial charge in [-0.05, 0) is 45.8 Å². The number of fused-ring (bicyclic) bond motifs is 4. The van der Waals surface area contributed by atoms with Crippen LogP contribution in [-0.4, -0.2) is 17.8 Å². The zero-order chi connectivity index (χ0) is 19.8. The van der Waals surface area contributed by atoms with Gasteiger partial charge in [-0.3, -0.25) is 5.32 Å². The molecule has 0 radical (unpaired) electrons. The van der Waals surface area contributed by atoms with Crippen LogP contribution in [0.5, 0.6) is 5.75 Å². The van der Waals surface area contributed by atoms with Crippen molar-refractivity contribution in [1.29, 1.82) is 0 Å². The molecule has 1 amide bonds.